The molecular formula is C9H14O2. The molecule has 2 heteroatoms. The molecule has 2 rings (SSSR count). The highest BCUT2D eigenvalue weighted by molar-refractivity contribution is 5.82. The lowest BCUT2D eigenvalue weighted by atomic mass is 9.55. The normalized spacial score (nSPS) is 46.9. The first-order valence-electron chi connectivity index (χ1n) is 4.46. The third-order valence-corrected chi connectivity index (χ3v) is 3.33. The van der Waals surface area contributed by atoms with E-state index in [1.807, 2.05) is 0 Å². The Balaban J connectivity index is 2.07. The molecule has 3 atom stereocenters. The molecule has 0 amide bonds. The molecule has 0 spiro atoms. The van der Waals surface area contributed by atoms with Gasteiger partial charge in [0.05, 0.1) is 5.92 Å². The topological polar surface area (TPSA) is 26.3 Å². The van der Waals surface area contributed by atoms with Gasteiger partial charge >= 0.3 is 5.97 Å². The quantitative estimate of drug-likeness (QED) is 0.566. The highest BCUT2D eigenvalue weighted by Gasteiger charge is 2.66. The summed E-state index contributed by atoms with van der Waals surface area (Å²) in [5.41, 5.74) is -0.00222. The number of ether oxygens (including phenoxy) is 1. The molecule has 2 fully saturated rings. The van der Waals surface area contributed by atoms with Gasteiger partial charge in [-0.3, -0.25) is 4.79 Å². The molecule has 11 heavy (non-hydrogen) atoms. The van der Waals surface area contributed by atoms with E-state index < -0.39 is 0 Å². The lowest BCUT2D eigenvalue weighted by Gasteiger charge is -2.60. The van der Waals surface area contributed by atoms with Crippen LogP contribution in [0, 0.1) is 11.8 Å². The Morgan fingerprint density at radius 1 is 1.64 bits per heavy atom. The Hall–Kier alpha value is -0.530. The summed E-state index contributed by atoms with van der Waals surface area (Å²) in [5.74, 6) is 0.929. The summed E-state index contributed by atoms with van der Waals surface area (Å²) in [4.78, 5) is 11.0. The molecule has 1 saturated heterocycles. The van der Waals surface area contributed by atoms with Crippen molar-refractivity contribution in [3.05, 3.63) is 0 Å². The molecule has 3 unspecified atom stereocenters. The Bertz CT molecular complexity index is 200. The van der Waals surface area contributed by atoms with E-state index in [2.05, 4.69) is 13.8 Å². The van der Waals surface area contributed by atoms with Crippen molar-refractivity contribution in [1.82, 2.24) is 0 Å². The van der Waals surface area contributed by atoms with Crippen LogP contribution < -0.4 is 0 Å². The third kappa shape index (κ3) is 0.652. The van der Waals surface area contributed by atoms with E-state index in [9.17, 15) is 4.79 Å². The smallest absolute Gasteiger partial charge is 0.313 e. The van der Waals surface area contributed by atoms with Gasteiger partial charge in [0.1, 0.15) is 5.60 Å². The van der Waals surface area contributed by atoms with E-state index in [4.69, 9.17) is 4.74 Å². The number of hydrogen-bond donors (Lipinski definition) is 0. The Morgan fingerprint density at radius 3 is 2.82 bits per heavy atom. The van der Waals surface area contributed by atoms with Gasteiger partial charge in [0.2, 0.25) is 0 Å². The van der Waals surface area contributed by atoms with Crippen LogP contribution in [0.4, 0.5) is 0 Å². The van der Waals surface area contributed by atoms with Crippen LogP contribution in [0.3, 0.4) is 0 Å². The minimum absolute atomic E-state index is 0.00222. The monoisotopic (exact) mass is 154 g/mol. The standard InChI is InChI=1S/C9H14O2/c1-3-6-5-9(4-2)7(6)8(10)11-9/h6-7H,3-5H2,1-2H3. The zero-order valence-electron chi connectivity index (χ0n) is 7.09. The molecule has 1 aliphatic heterocycles. The van der Waals surface area contributed by atoms with Gasteiger partial charge in [-0.15, -0.1) is 0 Å². The summed E-state index contributed by atoms with van der Waals surface area (Å²) in [7, 11) is 0. The van der Waals surface area contributed by atoms with E-state index in [0.717, 1.165) is 19.3 Å². The maximum absolute atomic E-state index is 11.0. The molecular weight excluding hydrogens is 140 g/mol. The van der Waals surface area contributed by atoms with Crippen LogP contribution in [0.15, 0.2) is 0 Å². The number of hydrogen-bond acceptors (Lipinski definition) is 2. The van der Waals surface area contributed by atoms with Gasteiger partial charge in [0.25, 0.3) is 0 Å². The van der Waals surface area contributed by atoms with Crippen LogP contribution in [-0.4, -0.2) is 11.6 Å². The second-order valence-electron chi connectivity index (χ2n) is 3.69. The minimum atomic E-state index is -0.00222. The van der Waals surface area contributed by atoms with Crippen molar-refractivity contribution in [3.8, 4) is 0 Å². The molecule has 0 N–H and O–H groups in total. The summed E-state index contributed by atoms with van der Waals surface area (Å²) in [6.07, 6.45) is 3.23. The zero-order valence-corrected chi connectivity index (χ0v) is 7.09. The van der Waals surface area contributed by atoms with Gasteiger partial charge in [-0.2, -0.15) is 0 Å². The summed E-state index contributed by atoms with van der Waals surface area (Å²) in [6, 6.07) is 0. The van der Waals surface area contributed by atoms with Crippen LogP contribution in [0.2, 0.25) is 0 Å². The average molecular weight is 154 g/mol. The maximum atomic E-state index is 11.0. The fourth-order valence-corrected chi connectivity index (χ4v) is 2.49. The van der Waals surface area contributed by atoms with Crippen molar-refractivity contribution in [2.24, 2.45) is 11.8 Å². The van der Waals surface area contributed by atoms with Gasteiger partial charge in [-0.05, 0) is 18.8 Å². The molecule has 0 aromatic heterocycles. The molecule has 0 aromatic rings. The average Bonchev–Trinajstić information content (AvgIpc) is 1.97. The molecule has 0 radical (unpaired) electrons. The molecule has 62 valence electrons. The van der Waals surface area contributed by atoms with Crippen LogP contribution in [0.25, 0.3) is 0 Å². The number of esters is 1. The van der Waals surface area contributed by atoms with Crippen molar-refractivity contribution < 1.29 is 9.53 Å². The second kappa shape index (κ2) is 1.99. The molecule has 2 aliphatic rings. The highest BCUT2D eigenvalue weighted by atomic mass is 16.6. The van der Waals surface area contributed by atoms with Crippen LogP contribution >= 0.6 is 0 Å². The molecule has 0 bridgehead atoms. The van der Waals surface area contributed by atoms with E-state index >= 15 is 0 Å². The number of rotatable bonds is 2. The highest BCUT2D eigenvalue weighted by Crippen LogP contribution is 2.57. The Labute approximate surface area is 66.9 Å². The number of carbonyl (C=O) groups excluding carboxylic acids is 1. The first kappa shape index (κ1) is 7.14. The molecule has 2 nitrogen and oxygen atoms in total. The zero-order chi connectivity index (χ0) is 8.06. The van der Waals surface area contributed by atoms with Crippen LogP contribution in [0.1, 0.15) is 33.1 Å². The summed E-state index contributed by atoms with van der Waals surface area (Å²) >= 11 is 0. The predicted octanol–water partition coefficient (Wildman–Crippen LogP) is 1.74. The van der Waals surface area contributed by atoms with Crippen molar-refractivity contribution in [2.75, 3.05) is 0 Å². The predicted molar refractivity (Wildman–Crippen MR) is 41.0 cm³/mol. The molecule has 1 saturated carbocycles. The van der Waals surface area contributed by atoms with Crippen molar-refractivity contribution in [2.45, 2.75) is 38.7 Å². The fourth-order valence-electron chi connectivity index (χ4n) is 2.49. The van der Waals surface area contributed by atoms with Crippen molar-refractivity contribution in [3.63, 3.8) is 0 Å². The first-order valence-corrected chi connectivity index (χ1v) is 4.46. The third-order valence-electron chi connectivity index (χ3n) is 3.33. The van der Waals surface area contributed by atoms with E-state index in [-0.39, 0.29) is 17.5 Å². The number of fused-ring (bicyclic) bond motifs is 1. The second-order valence-corrected chi connectivity index (χ2v) is 3.69. The van der Waals surface area contributed by atoms with Gasteiger partial charge in [-0.25, -0.2) is 0 Å². The van der Waals surface area contributed by atoms with Gasteiger partial charge in [0, 0.05) is 0 Å². The summed E-state index contributed by atoms with van der Waals surface area (Å²) in [6.45, 7) is 4.25. The lowest BCUT2D eigenvalue weighted by Crippen LogP contribution is -2.68. The maximum Gasteiger partial charge on any atom is 0.313 e. The molecule has 1 aliphatic carbocycles. The SMILES string of the molecule is CCC1CC2(CC)OC(=O)C12. The summed E-state index contributed by atoms with van der Waals surface area (Å²) in [5, 5.41) is 0. The van der Waals surface area contributed by atoms with E-state index in [0.29, 0.717) is 5.92 Å². The Kier molecular flexibility index (Phi) is 1.29. The minimum Gasteiger partial charge on any atom is -0.458 e. The molecule has 0 aromatic carbocycles. The van der Waals surface area contributed by atoms with Crippen LogP contribution in [-0.2, 0) is 9.53 Å². The van der Waals surface area contributed by atoms with E-state index in [1.54, 1.807) is 0 Å². The van der Waals surface area contributed by atoms with Gasteiger partial charge in [0.15, 0.2) is 0 Å². The van der Waals surface area contributed by atoms with Gasteiger partial charge in [-0.1, -0.05) is 20.3 Å². The van der Waals surface area contributed by atoms with Crippen LogP contribution in [0.5, 0.6) is 0 Å². The number of carbonyl (C=O) groups is 1. The summed E-state index contributed by atoms with van der Waals surface area (Å²) < 4.78 is 5.17. The van der Waals surface area contributed by atoms with Crippen molar-refractivity contribution >= 4 is 5.97 Å². The molecule has 1 heterocycles. The van der Waals surface area contributed by atoms with Gasteiger partial charge < -0.3 is 4.74 Å². The lowest BCUT2D eigenvalue weighted by molar-refractivity contribution is -0.263. The fraction of sp³-hybridized carbons (Fsp3) is 0.889. The van der Waals surface area contributed by atoms with E-state index in [1.165, 1.54) is 0 Å². The largest absolute Gasteiger partial charge is 0.458 e. The Morgan fingerprint density at radius 2 is 2.36 bits per heavy atom. The first-order chi connectivity index (χ1) is 5.23. The van der Waals surface area contributed by atoms with Crippen molar-refractivity contribution in [1.29, 1.82) is 0 Å².